The van der Waals surface area contributed by atoms with Gasteiger partial charge in [0.1, 0.15) is 0 Å². The first-order valence-electron chi connectivity index (χ1n) is 5.36. The van der Waals surface area contributed by atoms with Crippen LogP contribution in [-0.4, -0.2) is 54.1 Å². The van der Waals surface area contributed by atoms with Gasteiger partial charge in [-0.05, 0) is 13.0 Å². The molecule has 1 rings (SSSR count). The number of carbonyl (C=O) groups excluding carboxylic acids is 1. The predicted molar refractivity (Wildman–Crippen MR) is 68.4 cm³/mol. The molecule has 0 radical (unpaired) electrons. The maximum Gasteiger partial charge on any atom is 0.216 e. The molecule has 88 valence electrons. The molecule has 4 nitrogen and oxygen atoms in total. The SMILES string of the molecule is CC(=O)NC[C@H]1CN(CCCI)CCO1. The minimum absolute atomic E-state index is 0.0167. The molecule has 1 heterocycles. The van der Waals surface area contributed by atoms with E-state index >= 15 is 0 Å². The topological polar surface area (TPSA) is 41.6 Å². The van der Waals surface area contributed by atoms with Crippen molar-refractivity contribution in [3.05, 3.63) is 0 Å². The molecular weight excluding hydrogens is 307 g/mol. The summed E-state index contributed by atoms with van der Waals surface area (Å²) in [6, 6.07) is 0. The van der Waals surface area contributed by atoms with E-state index in [-0.39, 0.29) is 12.0 Å². The highest BCUT2D eigenvalue weighted by Gasteiger charge is 2.19. The number of nitrogens with one attached hydrogen (secondary N) is 1. The quantitative estimate of drug-likeness (QED) is 0.596. The second-order valence-corrected chi connectivity index (χ2v) is 4.85. The summed E-state index contributed by atoms with van der Waals surface area (Å²) in [4.78, 5) is 13.2. The van der Waals surface area contributed by atoms with E-state index in [0.717, 1.165) is 26.2 Å². The molecule has 5 heteroatoms. The zero-order valence-electron chi connectivity index (χ0n) is 9.17. The van der Waals surface area contributed by atoms with Crippen molar-refractivity contribution in [2.45, 2.75) is 19.4 Å². The summed E-state index contributed by atoms with van der Waals surface area (Å²) < 4.78 is 6.78. The van der Waals surface area contributed by atoms with Gasteiger partial charge in [-0.2, -0.15) is 0 Å². The summed E-state index contributed by atoms with van der Waals surface area (Å²) in [7, 11) is 0. The maximum absolute atomic E-state index is 10.8. The Morgan fingerprint density at radius 2 is 2.47 bits per heavy atom. The van der Waals surface area contributed by atoms with Gasteiger partial charge in [-0.1, -0.05) is 22.6 Å². The fraction of sp³-hybridized carbons (Fsp3) is 0.900. The molecule has 1 fully saturated rings. The van der Waals surface area contributed by atoms with E-state index in [4.69, 9.17) is 4.74 Å². The first kappa shape index (κ1) is 13.2. The lowest BCUT2D eigenvalue weighted by molar-refractivity contribution is -0.120. The van der Waals surface area contributed by atoms with Crippen LogP contribution >= 0.6 is 22.6 Å². The molecular formula is C10H19IN2O2. The number of ether oxygens (including phenoxy) is 1. The highest BCUT2D eigenvalue weighted by Crippen LogP contribution is 2.05. The van der Waals surface area contributed by atoms with E-state index in [0.29, 0.717) is 6.54 Å². The van der Waals surface area contributed by atoms with Gasteiger partial charge in [-0.15, -0.1) is 0 Å². The van der Waals surface area contributed by atoms with Crippen LogP contribution in [0.1, 0.15) is 13.3 Å². The van der Waals surface area contributed by atoms with Crippen LogP contribution in [0.5, 0.6) is 0 Å². The standard InChI is InChI=1S/C10H19IN2O2/c1-9(14)12-7-10-8-13(4-2-3-11)5-6-15-10/h10H,2-8H2,1H3,(H,12,14)/t10-/m0/s1. The predicted octanol–water partition coefficient (Wildman–Crippen LogP) is 0.648. The van der Waals surface area contributed by atoms with Gasteiger partial charge in [0, 0.05) is 31.0 Å². The molecule has 1 atom stereocenters. The fourth-order valence-corrected chi connectivity index (χ4v) is 1.99. The number of alkyl halides is 1. The van der Waals surface area contributed by atoms with E-state index in [1.165, 1.54) is 17.8 Å². The Morgan fingerprint density at radius 1 is 1.67 bits per heavy atom. The lowest BCUT2D eigenvalue weighted by Crippen LogP contribution is -2.47. The third-order valence-corrected chi connectivity index (χ3v) is 3.17. The van der Waals surface area contributed by atoms with Crippen molar-refractivity contribution in [2.24, 2.45) is 0 Å². The molecule has 0 aromatic heterocycles. The van der Waals surface area contributed by atoms with Crippen molar-refractivity contribution < 1.29 is 9.53 Å². The van der Waals surface area contributed by atoms with E-state index < -0.39 is 0 Å². The van der Waals surface area contributed by atoms with Gasteiger partial charge in [0.15, 0.2) is 0 Å². The molecule has 1 amide bonds. The van der Waals surface area contributed by atoms with Crippen molar-refractivity contribution in [1.29, 1.82) is 0 Å². The van der Waals surface area contributed by atoms with Crippen LogP contribution in [0.15, 0.2) is 0 Å². The Bertz CT molecular complexity index is 202. The highest BCUT2D eigenvalue weighted by molar-refractivity contribution is 14.1. The van der Waals surface area contributed by atoms with E-state index in [1.54, 1.807) is 0 Å². The summed E-state index contributed by atoms with van der Waals surface area (Å²) in [6.45, 7) is 6.06. The second kappa shape index (κ2) is 7.40. The maximum atomic E-state index is 10.8. The molecule has 0 aliphatic carbocycles. The first-order chi connectivity index (χ1) is 7.22. The minimum atomic E-state index is 0.0167. The van der Waals surface area contributed by atoms with Gasteiger partial charge in [-0.3, -0.25) is 9.69 Å². The van der Waals surface area contributed by atoms with Gasteiger partial charge in [0.25, 0.3) is 0 Å². The van der Waals surface area contributed by atoms with Crippen LogP contribution in [0.25, 0.3) is 0 Å². The van der Waals surface area contributed by atoms with Crippen molar-refractivity contribution in [3.8, 4) is 0 Å². The van der Waals surface area contributed by atoms with Crippen LogP contribution < -0.4 is 5.32 Å². The Kier molecular flexibility index (Phi) is 6.51. The van der Waals surface area contributed by atoms with E-state index in [1.807, 2.05) is 0 Å². The van der Waals surface area contributed by atoms with Crippen LogP contribution in [0.2, 0.25) is 0 Å². The molecule has 1 aliphatic rings. The Hall–Kier alpha value is 0.120. The molecule has 0 unspecified atom stereocenters. The van der Waals surface area contributed by atoms with Crippen molar-refractivity contribution >= 4 is 28.5 Å². The summed E-state index contributed by atoms with van der Waals surface area (Å²) >= 11 is 2.40. The molecule has 0 aromatic rings. The molecule has 0 bridgehead atoms. The number of hydrogen-bond acceptors (Lipinski definition) is 3. The normalized spacial score (nSPS) is 22.7. The van der Waals surface area contributed by atoms with Crippen LogP contribution in [-0.2, 0) is 9.53 Å². The van der Waals surface area contributed by atoms with Crippen LogP contribution in [0.4, 0.5) is 0 Å². The van der Waals surface area contributed by atoms with Crippen LogP contribution in [0.3, 0.4) is 0 Å². The molecule has 1 saturated heterocycles. The summed E-state index contributed by atoms with van der Waals surface area (Å²) in [5.41, 5.74) is 0. The average molecular weight is 326 g/mol. The number of morpholine rings is 1. The average Bonchev–Trinajstić information content (AvgIpc) is 2.24. The monoisotopic (exact) mass is 326 g/mol. The number of halogens is 1. The summed E-state index contributed by atoms with van der Waals surface area (Å²) in [5, 5.41) is 2.80. The summed E-state index contributed by atoms with van der Waals surface area (Å²) in [5.74, 6) is 0.0167. The first-order valence-corrected chi connectivity index (χ1v) is 6.89. The summed E-state index contributed by atoms with van der Waals surface area (Å²) in [6.07, 6.45) is 1.39. The molecule has 1 N–H and O–H groups in total. The van der Waals surface area contributed by atoms with Crippen molar-refractivity contribution in [2.75, 3.05) is 37.2 Å². The lowest BCUT2D eigenvalue weighted by Gasteiger charge is -2.32. The Balaban J connectivity index is 2.19. The van der Waals surface area contributed by atoms with Crippen LogP contribution in [0, 0.1) is 0 Å². The van der Waals surface area contributed by atoms with Gasteiger partial charge in [-0.25, -0.2) is 0 Å². The zero-order valence-corrected chi connectivity index (χ0v) is 11.3. The van der Waals surface area contributed by atoms with Crippen molar-refractivity contribution in [3.63, 3.8) is 0 Å². The zero-order chi connectivity index (χ0) is 11.1. The molecule has 0 saturated carbocycles. The van der Waals surface area contributed by atoms with Gasteiger partial charge in [0.05, 0.1) is 12.7 Å². The Morgan fingerprint density at radius 3 is 3.13 bits per heavy atom. The lowest BCUT2D eigenvalue weighted by atomic mass is 10.2. The van der Waals surface area contributed by atoms with E-state index in [2.05, 4.69) is 32.8 Å². The van der Waals surface area contributed by atoms with Gasteiger partial charge >= 0.3 is 0 Å². The number of hydrogen-bond donors (Lipinski definition) is 1. The minimum Gasteiger partial charge on any atom is -0.374 e. The van der Waals surface area contributed by atoms with E-state index in [9.17, 15) is 4.79 Å². The molecule has 1 aliphatic heterocycles. The third kappa shape index (κ3) is 5.67. The third-order valence-electron chi connectivity index (χ3n) is 2.41. The van der Waals surface area contributed by atoms with Gasteiger partial charge < -0.3 is 10.1 Å². The van der Waals surface area contributed by atoms with Crippen molar-refractivity contribution in [1.82, 2.24) is 10.2 Å². The largest absolute Gasteiger partial charge is 0.374 e. The number of nitrogens with zero attached hydrogens (tertiary/aromatic N) is 1. The Labute approximate surface area is 105 Å². The molecule has 0 spiro atoms. The number of amides is 1. The number of carbonyl (C=O) groups is 1. The second-order valence-electron chi connectivity index (χ2n) is 3.77. The highest BCUT2D eigenvalue weighted by atomic mass is 127. The smallest absolute Gasteiger partial charge is 0.216 e. The van der Waals surface area contributed by atoms with Gasteiger partial charge in [0.2, 0.25) is 5.91 Å². The molecule has 0 aromatic carbocycles. The molecule has 15 heavy (non-hydrogen) atoms. The fourth-order valence-electron chi connectivity index (χ4n) is 1.65. The number of rotatable bonds is 5.